The van der Waals surface area contributed by atoms with Gasteiger partial charge in [0, 0.05) is 16.5 Å². The van der Waals surface area contributed by atoms with E-state index in [4.69, 9.17) is 4.74 Å². The smallest absolute Gasteiger partial charge is 0.387 e. The Morgan fingerprint density at radius 3 is 2.63 bits per heavy atom. The third-order valence-corrected chi connectivity index (χ3v) is 4.29. The van der Waals surface area contributed by atoms with E-state index in [2.05, 4.69) is 15.0 Å². The van der Waals surface area contributed by atoms with Crippen molar-refractivity contribution in [1.82, 2.24) is 4.98 Å². The van der Waals surface area contributed by atoms with Gasteiger partial charge in [0.1, 0.15) is 11.5 Å². The Hall–Kier alpha value is -3.00. The van der Waals surface area contributed by atoms with E-state index >= 15 is 0 Å². The van der Waals surface area contributed by atoms with Crippen LogP contribution in [0.3, 0.4) is 0 Å². The highest BCUT2D eigenvalue weighted by Crippen LogP contribution is 2.33. The normalized spacial score (nSPS) is 10.7. The second-order valence-corrected chi connectivity index (χ2v) is 6.18. The standard InChI is InChI=1S/C19H16F2N2O3S/c1-2-25-13-9-7-12(8-10-13)17(24)23-19-22-15(11-27-19)14-5-3-4-6-16(14)26-18(20)21/h3-11,18H,2H2,1H3,(H,22,23,24). The van der Waals surface area contributed by atoms with Crippen LogP contribution in [0, 0.1) is 0 Å². The molecule has 0 bridgehead atoms. The predicted octanol–water partition coefficient (Wildman–Crippen LogP) is 5.06. The van der Waals surface area contributed by atoms with E-state index in [0.29, 0.717) is 34.3 Å². The highest BCUT2D eigenvalue weighted by atomic mass is 32.1. The summed E-state index contributed by atoms with van der Waals surface area (Å²) in [6.45, 7) is -0.501. The van der Waals surface area contributed by atoms with Crippen LogP contribution in [0.4, 0.5) is 13.9 Å². The molecule has 0 aliphatic carbocycles. The number of para-hydroxylation sites is 1. The molecule has 0 spiro atoms. The van der Waals surface area contributed by atoms with Crippen molar-refractivity contribution < 1.29 is 23.0 Å². The van der Waals surface area contributed by atoms with E-state index in [9.17, 15) is 13.6 Å². The number of rotatable bonds is 7. The van der Waals surface area contributed by atoms with Crippen LogP contribution < -0.4 is 14.8 Å². The van der Waals surface area contributed by atoms with Gasteiger partial charge in [-0.15, -0.1) is 11.3 Å². The number of hydrogen-bond acceptors (Lipinski definition) is 5. The molecule has 3 aromatic rings. The van der Waals surface area contributed by atoms with E-state index in [1.165, 1.54) is 17.4 Å². The SMILES string of the molecule is CCOc1ccc(C(=O)Nc2nc(-c3ccccc3OC(F)F)cs2)cc1. The lowest BCUT2D eigenvalue weighted by Gasteiger charge is -2.08. The molecule has 0 saturated carbocycles. The topological polar surface area (TPSA) is 60.5 Å². The van der Waals surface area contributed by atoms with Crippen molar-refractivity contribution >= 4 is 22.4 Å². The number of anilines is 1. The summed E-state index contributed by atoms with van der Waals surface area (Å²) in [4.78, 5) is 16.6. The molecule has 3 rings (SSSR count). The molecule has 0 fully saturated rings. The summed E-state index contributed by atoms with van der Waals surface area (Å²) < 4.78 is 35.0. The maximum Gasteiger partial charge on any atom is 0.387 e. The molecule has 27 heavy (non-hydrogen) atoms. The molecule has 1 heterocycles. The number of carbonyl (C=O) groups excluding carboxylic acids is 1. The Balaban J connectivity index is 1.74. The van der Waals surface area contributed by atoms with Crippen LogP contribution in [-0.4, -0.2) is 24.1 Å². The lowest BCUT2D eigenvalue weighted by molar-refractivity contribution is -0.0494. The Kier molecular flexibility index (Phi) is 5.97. The number of nitrogens with one attached hydrogen (secondary N) is 1. The average molecular weight is 390 g/mol. The van der Waals surface area contributed by atoms with Crippen molar-refractivity contribution in [2.75, 3.05) is 11.9 Å². The maximum atomic E-state index is 12.6. The van der Waals surface area contributed by atoms with Gasteiger partial charge in [0.25, 0.3) is 5.91 Å². The first-order valence-electron chi connectivity index (χ1n) is 8.10. The number of amides is 1. The highest BCUT2D eigenvalue weighted by Gasteiger charge is 2.15. The molecule has 5 nitrogen and oxygen atoms in total. The lowest BCUT2D eigenvalue weighted by Crippen LogP contribution is -2.11. The first kappa shape index (κ1) is 18.8. The number of aromatic nitrogens is 1. The van der Waals surface area contributed by atoms with E-state index in [0.717, 1.165) is 0 Å². The lowest BCUT2D eigenvalue weighted by atomic mass is 10.1. The van der Waals surface area contributed by atoms with E-state index in [1.807, 2.05) is 6.92 Å². The van der Waals surface area contributed by atoms with E-state index < -0.39 is 6.61 Å². The zero-order valence-electron chi connectivity index (χ0n) is 14.3. The Morgan fingerprint density at radius 2 is 1.93 bits per heavy atom. The van der Waals surface area contributed by atoms with Crippen LogP contribution in [0.15, 0.2) is 53.9 Å². The number of carbonyl (C=O) groups is 1. The largest absolute Gasteiger partial charge is 0.494 e. The van der Waals surface area contributed by atoms with Crippen molar-refractivity contribution in [3.63, 3.8) is 0 Å². The number of ether oxygens (including phenoxy) is 2. The fraction of sp³-hybridized carbons (Fsp3) is 0.158. The molecule has 0 radical (unpaired) electrons. The minimum Gasteiger partial charge on any atom is -0.494 e. The van der Waals surface area contributed by atoms with Crippen LogP contribution in [-0.2, 0) is 0 Å². The van der Waals surface area contributed by atoms with Gasteiger partial charge in [-0.05, 0) is 43.3 Å². The van der Waals surface area contributed by atoms with Crippen molar-refractivity contribution in [3.05, 3.63) is 59.5 Å². The molecule has 1 N–H and O–H groups in total. The highest BCUT2D eigenvalue weighted by molar-refractivity contribution is 7.14. The number of thiazole rings is 1. The summed E-state index contributed by atoms with van der Waals surface area (Å²) in [6, 6.07) is 13.1. The molecular formula is C19H16F2N2O3S. The van der Waals surface area contributed by atoms with Crippen molar-refractivity contribution in [3.8, 4) is 22.8 Å². The van der Waals surface area contributed by atoms with Crippen LogP contribution in [0.2, 0.25) is 0 Å². The Bertz CT molecular complexity index is 913. The molecule has 0 aliphatic heterocycles. The summed E-state index contributed by atoms with van der Waals surface area (Å²) in [5.74, 6) is 0.388. The van der Waals surface area contributed by atoms with E-state index in [1.54, 1.807) is 47.8 Å². The maximum absolute atomic E-state index is 12.6. The third kappa shape index (κ3) is 4.79. The minimum atomic E-state index is -2.93. The number of alkyl halides is 2. The van der Waals surface area contributed by atoms with Gasteiger partial charge in [0.2, 0.25) is 0 Å². The second kappa shape index (κ2) is 8.59. The van der Waals surface area contributed by atoms with Crippen LogP contribution in [0.1, 0.15) is 17.3 Å². The summed E-state index contributed by atoms with van der Waals surface area (Å²) in [7, 11) is 0. The van der Waals surface area contributed by atoms with Crippen molar-refractivity contribution in [2.45, 2.75) is 13.5 Å². The Labute approximate surface area is 158 Å². The molecule has 1 aromatic heterocycles. The Morgan fingerprint density at radius 1 is 1.19 bits per heavy atom. The van der Waals surface area contributed by atoms with Gasteiger partial charge in [-0.3, -0.25) is 10.1 Å². The predicted molar refractivity (Wildman–Crippen MR) is 99.7 cm³/mol. The molecule has 140 valence electrons. The van der Waals surface area contributed by atoms with Gasteiger partial charge < -0.3 is 9.47 Å². The minimum absolute atomic E-state index is 0.0298. The second-order valence-electron chi connectivity index (χ2n) is 5.32. The molecule has 0 unspecified atom stereocenters. The zero-order valence-corrected chi connectivity index (χ0v) is 15.1. The molecule has 0 atom stereocenters. The molecule has 0 aliphatic rings. The summed E-state index contributed by atoms with van der Waals surface area (Å²) >= 11 is 1.20. The number of nitrogens with zero attached hydrogens (tertiary/aromatic N) is 1. The van der Waals surface area contributed by atoms with Gasteiger partial charge in [-0.1, -0.05) is 12.1 Å². The monoisotopic (exact) mass is 390 g/mol. The van der Waals surface area contributed by atoms with E-state index in [-0.39, 0.29) is 11.7 Å². The van der Waals surface area contributed by atoms with Gasteiger partial charge in [0.15, 0.2) is 5.13 Å². The van der Waals surface area contributed by atoms with Crippen LogP contribution in [0.25, 0.3) is 11.3 Å². The van der Waals surface area contributed by atoms with Crippen molar-refractivity contribution in [1.29, 1.82) is 0 Å². The molecule has 0 saturated heterocycles. The summed E-state index contributed by atoms with van der Waals surface area (Å²) in [5, 5.41) is 4.72. The first-order chi connectivity index (χ1) is 13.1. The van der Waals surface area contributed by atoms with Gasteiger partial charge in [-0.25, -0.2) is 4.98 Å². The van der Waals surface area contributed by atoms with Gasteiger partial charge in [0.05, 0.1) is 12.3 Å². The summed E-state index contributed by atoms with van der Waals surface area (Å²) in [5.41, 5.74) is 1.32. The molecule has 1 amide bonds. The molecule has 2 aromatic carbocycles. The molecule has 8 heteroatoms. The average Bonchev–Trinajstić information content (AvgIpc) is 3.11. The fourth-order valence-corrected chi connectivity index (χ4v) is 3.08. The number of hydrogen-bond donors (Lipinski definition) is 1. The van der Waals surface area contributed by atoms with Gasteiger partial charge >= 0.3 is 6.61 Å². The number of halogens is 2. The quantitative estimate of drug-likeness (QED) is 0.612. The summed E-state index contributed by atoms with van der Waals surface area (Å²) in [6.07, 6.45) is 0. The van der Waals surface area contributed by atoms with Crippen LogP contribution >= 0.6 is 11.3 Å². The number of benzene rings is 2. The van der Waals surface area contributed by atoms with Crippen LogP contribution in [0.5, 0.6) is 11.5 Å². The first-order valence-corrected chi connectivity index (χ1v) is 8.98. The van der Waals surface area contributed by atoms with Crippen molar-refractivity contribution in [2.24, 2.45) is 0 Å². The molecular weight excluding hydrogens is 374 g/mol. The zero-order chi connectivity index (χ0) is 19.2. The fourth-order valence-electron chi connectivity index (χ4n) is 2.37. The third-order valence-electron chi connectivity index (χ3n) is 3.53. The van der Waals surface area contributed by atoms with Gasteiger partial charge in [-0.2, -0.15) is 8.78 Å².